The van der Waals surface area contributed by atoms with E-state index in [4.69, 9.17) is 0 Å². The van der Waals surface area contributed by atoms with Crippen LogP contribution >= 0.6 is 0 Å². The van der Waals surface area contributed by atoms with E-state index in [-0.39, 0.29) is 11.5 Å². The van der Waals surface area contributed by atoms with Crippen molar-refractivity contribution in [1.82, 2.24) is 9.78 Å². The van der Waals surface area contributed by atoms with Crippen LogP contribution in [0.5, 0.6) is 0 Å². The highest BCUT2D eigenvalue weighted by molar-refractivity contribution is 5.91. The van der Waals surface area contributed by atoms with E-state index >= 15 is 0 Å². The van der Waals surface area contributed by atoms with E-state index in [9.17, 15) is 9.59 Å². The second kappa shape index (κ2) is 7.43. The first kappa shape index (κ1) is 16.4. The number of aryl methyl sites for hydroxylation is 1. The maximum Gasteiger partial charge on any atom is 0.266 e. The van der Waals surface area contributed by atoms with Crippen molar-refractivity contribution in [3.63, 3.8) is 0 Å². The van der Waals surface area contributed by atoms with Crippen molar-refractivity contribution in [2.24, 2.45) is 13.0 Å². The van der Waals surface area contributed by atoms with Gasteiger partial charge in [0.2, 0.25) is 5.91 Å². The SMILES string of the molecule is Cn1nc(-c2cccc(NC(=O)CC3CCCCC3)c2)ccc1=O. The van der Waals surface area contributed by atoms with E-state index in [2.05, 4.69) is 10.4 Å². The Hall–Kier alpha value is -2.43. The van der Waals surface area contributed by atoms with Crippen molar-refractivity contribution in [2.45, 2.75) is 38.5 Å². The zero-order valence-corrected chi connectivity index (χ0v) is 14.0. The summed E-state index contributed by atoms with van der Waals surface area (Å²) in [7, 11) is 1.63. The Bertz CT molecular complexity index is 776. The lowest BCUT2D eigenvalue weighted by Crippen LogP contribution is -2.19. The Morgan fingerprint density at radius 3 is 2.75 bits per heavy atom. The van der Waals surface area contributed by atoms with Crippen molar-refractivity contribution in [3.8, 4) is 11.3 Å². The first-order valence-corrected chi connectivity index (χ1v) is 8.56. The molecule has 1 aliphatic carbocycles. The van der Waals surface area contributed by atoms with Crippen molar-refractivity contribution in [3.05, 3.63) is 46.8 Å². The molecule has 0 saturated heterocycles. The second-order valence-corrected chi connectivity index (χ2v) is 6.52. The molecular formula is C19H23N3O2. The summed E-state index contributed by atoms with van der Waals surface area (Å²) in [6.45, 7) is 0. The van der Waals surface area contributed by atoms with Gasteiger partial charge in [-0.1, -0.05) is 31.4 Å². The fourth-order valence-corrected chi connectivity index (χ4v) is 3.28. The number of carbonyl (C=O) groups excluding carboxylic acids is 1. The summed E-state index contributed by atoms with van der Waals surface area (Å²) in [6, 6.07) is 10.8. The molecule has 0 spiro atoms. The predicted molar refractivity (Wildman–Crippen MR) is 94.7 cm³/mol. The first-order chi connectivity index (χ1) is 11.6. The lowest BCUT2D eigenvalue weighted by Gasteiger charge is -2.20. The monoisotopic (exact) mass is 325 g/mol. The molecular weight excluding hydrogens is 302 g/mol. The Balaban J connectivity index is 1.69. The number of hydrogen-bond donors (Lipinski definition) is 1. The van der Waals surface area contributed by atoms with Crippen LogP contribution in [0.2, 0.25) is 0 Å². The molecule has 2 aromatic rings. The molecule has 1 aromatic carbocycles. The molecule has 1 heterocycles. The molecule has 1 N–H and O–H groups in total. The number of nitrogens with zero attached hydrogens (tertiary/aromatic N) is 2. The first-order valence-electron chi connectivity index (χ1n) is 8.56. The number of amides is 1. The van der Waals surface area contributed by atoms with Crippen LogP contribution in [0.15, 0.2) is 41.2 Å². The van der Waals surface area contributed by atoms with Crippen molar-refractivity contribution < 1.29 is 4.79 Å². The second-order valence-electron chi connectivity index (χ2n) is 6.52. The van der Waals surface area contributed by atoms with Gasteiger partial charge in [-0.25, -0.2) is 4.68 Å². The van der Waals surface area contributed by atoms with Crippen molar-refractivity contribution in [2.75, 3.05) is 5.32 Å². The summed E-state index contributed by atoms with van der Waals surface area (Å²) < 4.78 is 1.31. The third kappa shape index (κ3) is 4.10. The molecule has 0 unspecified atom stereocenters. The normalized spacial score (nSPS) is 15.2. The van der Waals surface area contributed by atoms with E-state index in [1.807, 2.05) is 24.3 Å². The maximum absolute atomic E-state index is 12.3. The largest absolute Gasteiger partial charge is 0.326 e. The highest BCUT2D eigenvalue weighted by Gasteiger charge is 2.17. The van der Waals surface area contributed by atoms with Gasteiger partial charge in [0.1, 0.15) is 0 Å². The van der Waals surface area contributed by atoms with Crippen molar-refractivity contribution in [1.29, 1.82) is 0 Å². The van der Waals surface area contributed by atoms with E-state index in [1.54, 1.807) is 13.1 Å². The number of benzene rings is 1. The molecule has 5 nitrogen and oxygen atoms in total. The molecule has 24 heavy (non-hydrogen) atoms. The number of aromatic nitrogens is 2. The molecule has 126 valence electrons. The average Bonchev–Trinajstić information content (AvgIpc) is 2.58. The van der Waals surface area contributed by atoms with Gasteiger partial charge in [0, 0.05) is 30.8 Å². The Labute approximate surface area is 141 Å². The van der Waals surface area contributed by atoms with Gasteiger partial charge in [0.05, 0.1) is 5.69 Å². The van der Waals surface area contributed by atoms with E-state index in [0.717, 1.165) is 24.1 Å². The smallest absolute Gasteiger partial charge is 0.266 e. The summed E-state index contributed by atoms with van der Waals surface area (Å²) in [6.07, 6.45) is 6.71. The number of hydrogen-bond acceptors (Lipinski definition) is 3. The highest BCUT2D eigenvalue weighted by Crippen LogP contribution is 2.27. The van der Waals surface area contributed by atoms with Crippen LogP contribution in [-0.4, -0.2) is 15.7 Å². The lowest BCUT2D eigenvalue weighted by atomic mass is 9.87. The summed E-state index contributed by atoms with van der Waals surface area (Å²) in [4.78, 5) is 23.7. The minimum atomic E-state index is -0.143. The molecule has 0 aliphatic heterocycles. The minimum Gasteiger partial charge on any atom is -0.326 e. The zero-order valence-electron chi connectivity index (χ0n) is 14.0. The molecule has 0 radical (unpaired) electrons. The van der Waals surface area contributed by atoms with Crippen LogP contribution in [0, 0.1) is 5.92 Å². The summed E-state index contributed by atoms with van der Waals surface area (Å²) in [5.74, 6) is 0.597. The molecule has 1 saturated carbocycles. The maximum atomic E-state index is 12.3. The van der Waals surface area contributed by atoms with Gasteiger partial charge in [-0.2, -0.15) is 5.10 Å². The van der Waals surface area contributed by atoms with Gasteiger partial charge in [-0.05, 0) is 37.0 Å². The van der Waals surface area contributed by atoms with Crippen LogP contribution in [0.25, 0.3) is 11.3 Å². The molecule has 1 aliphatic rings. The molecule has 0 bridgehead atoms. The molecule has 1 aromatic heterocycles. The van der Waals surface area contributed by atoms with Crippen molar-refractivity contribution >= 4 is 11.6 Å². The quantitative estimate of drug-likeness (QED) is 0.937. The van der Waals surface area contributed by atoms with Gasteiger partial charge in [0.15, 0.2) is 0 Å². The zero-order chi connectivity index (χ0) is 16.9. The number of anilines is 1. The Morgan fingerprint density at radius 1 is 1.21 bits per heavy atom. The number of carbonyl (C=O) groups is 1. The minimum absolute atomic E-state index is 0.0764. The van der Waals surface area contributed by atoms with E-state index in [1.165, 1.54) is 30.0 Å². The fourth-order valence-electron chi connectivity index (χ4n) is 3.28. The van der Waals surface area contributed by atoms with Gasteiger partial charge < -0.3 is 5.32 Å². The summed E-state index contributed by atoms with van der Waals surface area (Å²) >= 11 is 0. The highest BCUT2D eigenvalue weighted by atomic mass is 16.1. The topological polar surface area (TPSA) is 64.0 Å². The molecule has 1 amide bonds. The van der Waals surface area contributed by atoms with Crippen LogP contribution in [-0.2, 0) is 11.8 Å². The summed E-state index contributed by atoms with van der Waals surface area (Å²) in [5, 5.41) is 7.24. The van der Waals surface area contributed by atoms with Gasteiger partial charge >= 0.3 is 0 Å². The van der Waals surface area contributed by atoms with E-state index < -0.39 is 0 Å². The van der Waals surface area contributed by atoms with Gasteiger partial charge in [0.25, 0.3) is 5.56 Å². The fraction of sp³-hybridized carbons (Fsp3) is 0.421. The molecule has 0 atom stereocenters. The number of nitrogens with one attached hydrogen (secondary N) is 1. The Kier molecular flexibility index (Phi) is 5.08. The van der Waals surface area contributed by atoms with E-state index in [0.29, 0.717) is 18.0 Å². The van der Waals surface area contributed by atoms with Crippen LogP contribution < -0.4 is 10.9 Å². The molecule has 5 heteroatoms. The third-order valence-corrected chi connectivity index (χ3v) is 4.60. The lowest BCUT2D eigenvalue weighted by molar-refractivity contribution is -0.117. The average molecular weight is 325 g/mol. The van der Waals surface area contributed by atoms with Gasteiger partial charge in [-0.3, -0.25) is 9.59 Å². The van der Waals surface area contributed by atoms with Gasteiger partial charge in [-0.15, -0.1) is 0 Å². The van der Waals surface area contributed by atoms with Crippen LogP contribution in [0.4, 0.5) is 5.69 Å². The summed E-state index contributed by atoms with van der Waals surface area (Å²) in [5.41, 5.74) is 2.21. The van der Waals surface area contributed by atoms with Crippen LogP contribution in [0.3, 0.4) is 0 Å². The Morgan fingerprint density at radius 2 is 2.00 bits per heavy atom. The standard InChI is InChI=1S/C19H23N3O2/c1-22-19(24)11-10-17(21-22)15-8-5-9-16(13-15)20-18(23)12-14-6-3-2-4-7-14/h5,8-11,13-14H,2-4,6-7,12H2,1H3,(H,20,23). The molecule has 3 rings (SSSR count). The predicted octanol–water partition coefficient (Wildman–Crippen LogP) is 3.36. The molecule has 1 fully saturated rings. The third-order valence-electron chi connectivity index (χ3n) is 4.60. The van der Waals surface area contributed by atoms with Crippen LogP contribution in [0.1, 0.15) is 38.5 Å². The number of rotatable bonds is 4.